The summed E-state index contributed by atoms with van der Waals surface area (Å²) in [5.74, 6) is 0.0446. The first-order valence-corrected chi connectivity index (χ1v) is 4.75. The van der Waals surface area contributed by atoms with Crippen molar-refractivity contribution in [1.29, 1.82) is 0 Å². The number of nitrogen functional groups attached to an aromatic ring is 1. The summed E-state index contributed by atoms with van der Waals surface area (Å²) < 4.78 is 6.67. The Bertz CT molecular complexity index is 388. The van der Waals surface area contributed by atoms with Gasteiger partial charge in [0, 0.05) is 12.6 Å². The Balaban J connectivity index is 2.98. The van der Waals surface area contributed by atoms with Gasteiger partial charge < -0.3 is 10.5 Å². The van der Waals surface area contributed by atoms with Crippen molar-refractivity contribution in [2.24, 2.45) is 7.05 Å². The maximum atomic E-state index is 11.7. The van der Waals surface area contributed by atoms with Crippen LogP contribution >= 0.6 is 0 Å². The van der Waals surface area contributed by atoms with Crippen LogP contribution in [0.5, 0.6) is 0 Å². The normalized spacial score (nSPS) is 11.5. The van der Waals surface area contributed by atoms with Crippen LogP contribution in [0.2, 0.25) is 0 Å². The van der Waals surface area contributed by atoms with E-state index >= 15 is 0 Å². The molecular weight excluding hydrogens is 194 g/mol. The molecule has 0 fully saturated rings. The number of carbonyl (C=O) groups excluding carboxylic acids is 1. The standard InChI is InChI=1S/C10H17N3O2/c1-6-7(12-13(5)8(6)11)9(14)15-10(2,3)4/h11H2,1-5H3. The summed E-state index contributed by atoms with van der Waals surface area (Å²) in [7, 11) is 1.69. The van der Waals surface area contributed by atoms with Crippen LogP contribution in [-0.4, -0.2) is 21.4 Å². The number of carbonyl (C=O) groups is 1. The molecule has 1 aromatic rings. The van der Waals surface area contributed by atoms with Gasteiger partial charge in [-0.2, -0.15) is 5.10 Å². The van der Waals surface area contributed by atoms with Crippen LogP contribution in [0.4, 0.5) is 5.82 Å². The number of aryl methyl sites for hydroxylation is 1. The van der Waals surface area contributed by atoms with Gasteiger partial charge in [-0.15, -0.1) is 0 Å². The second kappa shape index (κ2) is 3.56. The summed E-state index contributed by atoms with van der Waals surface area (Å²) in [6.07, 6.45) is 0. The highest BCUT2D eigenvalue weighted by Gasteiger charge is 2.23. The van der Waals surface area contributed by atoms with E-state index in [2.05, 4.69) is 5.10 Å². The van der Waals surface area contributed by atoms with Crippen LogP contribution in [0.3, 0.4) is 0 Å². The Morgan fingerprint density at radius 1 is 1.47 bits per heavy atom. The lowest BCUT2D eigenvalue weighted by molar-refractivity contribution is 0.00613. The smallest absolute Gasteiger partial charge is 0.359 e. The predicted molar refractivity (Wildman–Crippen MR) is 57.5 cm³/mol. The highest BCUT2D eigenvalue weighted by Crippen LogP contribution is 2.17. The summed E-state index contributed by atoms with van der Waals surface area (Å²) in [4.78, 5) is 11.7. The first kappa shape index (κ1) is 11.6. The average molecular weight is 211 g/mol. The van der Waals surface area contributed by atoms with Crippen molar-refractivity contribution in [3.63, 3.8) is 0 Å². The number of aromatic nitrogens is 2. The number of hydrogen-bond acceptors (Lipinski definition) is 4. The van der Waals surface area contributed by atoms with Gasteiger partial charge in [0.25, 0.3) is 0 Å². The van der Waals surface area contributed by atoms with Gasteiger partial charge in [0.05, 0.1) is 0 Å². The van der Waals surface area contributed by atoms with Crippen LogP contribution in [0.1, 0.15) is 36.8 Å². The van der Waals surface area contributed by atoms with E-state index in [0.29, 0.717) is 11.4 Å². The van der Waals surface area contributed by atoms with Crippen LogP contribution in [0.25, 0.3) is 0 Å². The number of esters is 1. The molecule has 0 aliphatic heterocycles. The van der Waals surface area contributed by atoms with Crippen LogP contribution in [-0.2, 0) is 11.8 Å². The number of anilines is 1. The van der Waals surface area contributed by atoms with E-state index in [1.54, 1.807) is 14.0 Å². The maximum Gasteiger partial charge on any atom is 0.359 e. The second-order valence-electron chi connectivity index (χ2n) is 4.48. The van der Waals surface area contributed by atoms with Crippen molar-refractivity contribution in [3.05, 3.63) is 11.3 Å². The molecule has 15 heavy (non-hydrogen) atoms. The molecule has 0 amide bonds. The van der Waals surface area contributed by atoms with E-state index in [4.69, 9.17) is 10.5 Å². The molecule has 84 valence electrons. The lowest BCUT2D eigenvalue weighted by atomic mass is 10.2. The number of nitrogens with two attached hydrogens (primary N) is 1. The van der Waals surface area contributed by atoms with Gasteiger partial charge >= 0.3 is 5.97 Å². The van der Waals surface area contributed by atoms with E-state index < -0.39 is 11.6 Å². The fourth-order valence-corrected chi connectivity index (χ4v) is 1.16. The summed E-state index contributed by atoms with van der Waals surface area (Å²) >= 11 is 0. The minimum atomic E-state index is -0.518. The molecule has 0 unspecified atom stereocenters. The van der Waals surface area contributed by atoms with E-state index in [1.165, 1.54) is 4.68 Å². The van der Waals surface area contributed by atoms with Gasteiger partial charge in [-0.05, 0) is 27.7 Å². The molecule has 1 heterocycles. The monoisotopic (exact) mass is 211 g/mol. The fourth-order valence-electron chi connectivity index (χ4n) is 1.16. The zero-order valence-corrected chi connectivity index (χ0v) is 9.79. The van der Waals surface area contributed by atoms with Crippen molar-refractivity contribution in [2.75, 3.05) is 5.73 Å². The lowest BCUT2D eigenvalue weighted by Crippen LogP contribution is -2.24. The summed E-state index contributed by atoms with van der Waals surface area (Å²) in [6.45, 7) is 7.19. The van der Waals surface area contributed by atoms with Crippen LogP contribution < -0.4 is 5.73 Å². The highest BCUT2D eigenvalue weighted by atomic mass is 16.6. The molecule has 0 spiro atoms. The van der Waals surface area contributed by atoms with Gasteiger partial charge in [-0.25, -0.2) is 4.79 Å². The predicted octanol–water partition coefficient (Wildman–Crippen LogP) is 1.27. The molecule has 0 aromatic carbocycles. The van der Waals surface area contributed by atoms with Gasteiger partial charge in [-0.3, -0.25) is 4.68 Å². The van der Waals surface area contributed by atoms with Gasteiger partial charge in [0.2, 0.25) is 0 Å². The highest BCUT2D eigenvalue weighted by molar-refractivity contribution is 5.90. The van der Waals surface area contributed by atoms with Gasteiger partial charge in [0.1, 0.15) is 11.4 Å². The molecule has 0 radical (unpaired) electrons. The minimum absolute atomic E-state index is 0.282. The van der Waals surface area contributed by atoms with Crippen molar-refractivity contribution < 1.29 is 9.53 Å². The average Bonchev–Trinajstić information content (AvgIpc) is 2.30. The topological polar surface area (TPSA) is 70.1 Å². The third-order valence-electron chi connectivity index (χ3n) is 1.93. The SMILES string of the molecule is Cc1c(C(=O)OC(C)(C)C)nn(C)c1N. The van der Waals surface area contributed by atoms with E-state index in [0.717, 1.165) is 0 Å². The Hall–Kier alpha value is -1.52. The molecule has 0 aliphatic carbocycles. The van der Waals surface area contributed by atoms with Gasteiger partial charge in [0.15, 0.2) is 5.69 Å². The summed E-state index contributed by atoms with van der Waals surface area (Å²) in [5, 5.41) is 4.01. The maximum absolute atomic E-state index is 11.7. The zero-order chi connectivity index (χ0) is 11.8. The minimum Gasteiger partial charge on any atom is -0.455 e. The molecule has 5 nitrogen and oxygen atoms in total. The quantitative estimate of drug-likeness (QED) is 0.710. The number of nitrogens with zero attached hydrogens (tertiary/aromatic N) is 2. The molecule has 1 rings (SSSR count). The Morgan fingerprint density at radius 3 is 2.33 bits per heavy atom. The molecule has 0 saturated carbocycles. The van der Waals surface area contributed by atoms with E-state index in [-0.39, 0.29) is 5.69 Å². The number of ether oxygens (including phenoxy) is 1. The molecule has 0 atom stereocenters. The molecule has 2 N–H and O–H groups in total. The largest absolute Gasteiger partial charge is 0.455 e. The van der Waals surface area contributed by atoms with Gasteiger partial charge in [-0.1, -0.05) is 0 Å². The van der Waals surface area contributed by atoms with E-state index in [1.807, 2.05) is 20.8 Å². The Labute approximate surface area is 89.2 Å². The molecule has 0 bridgehead atoms. The first-order valence-electron chi connectivity index (χ1n) is 4.75. The molecule has 1 aromatic heterocycles. The molecule has 0 aliphatic rings. The van der Waals surface area contributed by atoms with E-state index in [9.17, 15) is 4.79 Å². The van der Waals surface area contributed by atoms with Crippen LogP contribution in [0, 0.1) is 6.92 Å². The van der Waals surface area contributed by atoms with Crippen LogP contribution in [0.15, 0.2) is 0 Å². The van der Waals surface area contributed by atoms with Crippen molar-refractivity contribution >= 4 is 11.8 Å². The van der Waals surface area contributed by atoms with Crippen molar-refractivity contribution in [2.45, 2.75) is 33.3 Å². The number of rotatable bonds is 1. The zero-order valence-electron chi connectivity index (χ0n) is 9.79. The third-order valence-corrected chi connectivity index (χ3v) is 1.93. The lowest BCUT2D eigenvalue weighted by Gasteiger charge is -2.18. The summed E-state index contributed by atoms with van der Waals surface area (Å²) in [5.41, 5.74) is 6.12. The Kier molecular flexibility index (Phi) is 2.75. The fraction of sp³-hybridized carbons (Fsp3) is 0.600. The summed E-state index contributed by atoms with van der Waals surface area (Å²) in [6, 6.07) is 0. The molecule has 0 saturated heterocycles. The molecular formula is C10H17N3O2. The first-order chi connectivity index (χ1) is 6.72. The number of hydrogen-bond donors (Lipinski definition) is 1. The van der Waals surface area contributed by atoms with Crippen molar-refractivity contribution in [3.8, 4) is 0 Å². The third kappa shape index (κ3) is 2.49. The second-order valence-corrected chi connectivity index (χ2v) is 4.48. The molecule has 5 heteroatoms. The Morgan fingerprint density at radius 2 is 2.00 bits per heavy atom. The van der Waals surface area contributed by atoms with Crippen molar-refractivity contribution in [1.82, 2.24) is 9.78 Å².